The molecule has 2 amide bonds. The molecule has 1 heterocycles. The summed E-state index contributed by atoms with van der Waals surface area (Å²) in [6.07, 6.45) is 1.77. The van der Waals surface area contributed by atoms with Crippen molar-refractivity contribution in [1.29, 1.82) is 0 Å². The van der Waals surface area contributed by atoms with Crippen molar-refractivity contribution < 1.29 is 4.79 Å². The van der Waals surface area contributed by atoms with Crippen LogP contribution in [0.4, 0.5) is 16.3 Å². The highest BCUT2D eigenvalue weighted by molar-refractivity contribution is 6.04. The molecule has 0 spiro atoms. The molecule has 0 saturated carbocycles. The molecule has 6 nitrogen and oxygen atoms in total. The normalized spacial score (nSPS) is 10.6. The number of nitrogens with zero attached hydrogens (tertiary/aromatic N) is 2. The molecule has 0 aliphatic heterocycles. The number of anilines is 2. The summed E-state index contributed by atoms with van der Waals surface area (Å²) in [7, 11) is 0. The first-order valence-corrected chi connectivity index (χ1v) is 8.31. The van der Waals surface area contributed by atoms with Crippen LogP contribution in [-0.4, -0.2) is 15.6 Å². The summed E-state index contributed by atoms with van der Waals surface area (Å²) in [5, 5.41) is 6.33. The maximum atomic E-state index is 12.4. The molecule has 0 aliphatic rings. The maximum absolute atomic E-state index is 12.4. The highest BCUT2D eigenvalue weighted by Gasteiger charge is 2.13. The summed E-state index contributed by atoms with van der Waals surface area (Å²) < 4.78 is 1.52. The van der Waals surface area contributed by atoms with Crippen molar-refractivity contribution in [3.8, 4) is 0 Å². The van der Waals surface area contributed by atoms with E-state index in [2.05, 4.69) is 22.5 Å². The molecule has 0 bridgehead atoms. The van der Waals surface area contributed by atoms with Crippen LogP contribution in [0.5, 0.6) is 0 Å². The van der Waals surface area contributed by atoms with E-state index in [0.29, 0.717) is 23.6 Å². The number of carbonyl (C=O) groups is 1. The first kappa shape index (κ1) is 16.7. The molecular formula is C19H20N4O2. The molecule has 25 heavy (non-hydrogen) atoms. The summed E-state index contributed by atoms with van der Waals surface area (Å²) in [4.78, 5) is 28.9. The molecule has 2 N–H and O–H groups in total. The Bertz CT molecular complexity index is 935. The third kappa shape index (κ3) is 3.85. The van der Waals surface area contributed by atoms with Crippen LogP contribution in [0.3, 0.4) is 0 Å². The van der Waals surface area contributed by atoms with Gasteiger partial charge in [-0.25, -0.2) is 9.59 Å². The molecule has 0 aliphatic carbocycles. The highest BCUT2D eigenvalue weighted by Crippen LogP contribution is 2.20. The summed E-state index contributed by atoms with van der Waals surface area (Å²) in [5.41, 5.74) is 0.887. The number of aromatic nitrogens is 2. The molecular weight excluding hydrogens is 316 g/mol. The highest BCUT2D eigenvalue weighted by atomic mass is 16.2. The molecule has 0 radical (unpaired) electrons. The van der Waals surface area contributed by atoms with Gasteiger partial charge in [0.1, 0.15) is 5.82 Å². The van der Waals surface area contributed by atoms with E-state index in [4.69, 9.17) is 0 Å². The number of fused-ring (bicyclic) bond motifs is 1. The van der Waals surface area contributed by atoms with Gasteiger partial charge in [-0.3, -0.25) is 9.88 Å². The maximum Gasteiger partial charge on any atom is 0.349 e. The Morgan fingerprint density at radius 3 is 2.52 bits per heavy atom. The van der Waals surface area contributed by atoms with Crippen LogP contribution in [0, 0.1) is 0 Å². The van der Waals surface area contributed by atoms with Crippen molar-refractivity contribution >= 4 is 28.4 Å². The quantitative estimate of drug-likeness (QED) is 0.743. The second-order valence-corrected chi connectivity index (χ2v) is 5.71. The Morgan fingerprint density at radius 1 is 1.04 bits per heavy atom. The zero-order valence-corrected chi connectivity index (χ0v) is 14.0. The molecule has 0 atom stereocenters. The zero-order valence-electron chi connectivity index (χ0n) is 14.0. The van der Waals surface area contributed by atoms with Gasteiger partial charge >= 0.3 is 11.7 Å². The van der Waals surface area contributed by atoms with E-state index < -0.39 is 6.03 Å². The van der Waals surface area contributed by atoms with Crippen LogP contribution in [0.25, 0.3) is 10.9 Å². The van der Waals surface area contributed by atoms with E-state index >= 15 is 0 Å². The van der Waals surface area contributed by atoms with Gasteiger partial charge in [0.15, 0.2) is 0 Å². The number of benzene rings is 2. The average molecular weight is 336 g/mol. The first-order valence-electron chi connectivity index (χ1n) is 8.31. The van der Waals surface area contributed by atoms with Crippen LogP contribution < -0.4 is 16.3 Å². The smallest absolute Gasteiger partial charge is 0.308 e. The van der Waals surface area contributed by atoms with E-state index in [1.165, 1.54) is 4.57 Å². The largest absolute Gasteiger partial charge is 0.349 e. The second-order valence-electron chi connectivity index (χ2n) is 5.71. The van der Waals surface area contributed by atoms with E-state index in [0.717, 1.165) is 18.2 Å². The fourth-order valence-electron chi connectivity index (χ4n) is 2.63. The van der Waals surface area contributed by atoms with Gasteiger partial charge in [0.25, 0.3) is 0 Å². The third-order valence-electron chi connectivity index (χ3n) is 3.87. The van der Waals surface area contributed by atoms with Gasteiger partial charge in [-0.2, -0.15) is 4.98 Å². The Hall–Kier alpha value is -3.15. The fourth-order valence-corrected chi connectivity index (χ4v) is 2.63. The summed E-state index contributed by atoms with van der Waals surface area (Å²) in [6.45, 7) is 2.56. The number of amides is 2. The Kier molecular flexibility index (Phi) is 5.09. The number of para-hydroxylation sites is 2. The molecule has 0 saturated heterocycles. The molecule has 128 valence electrons. The van der Waals surface area contributed by atoms with Gasteiger partial charge in [-0.05, 0) is 30.7 Å². The van der Waals surface area contributed by atoms with Crippen molar-refractivity contribution in [3.05, 3.63) is 65.1 Å². The van der Waals surface area contributed by atoms with Crippen molar-refractivity contribution in [2.24, 2.45) is 0 Å². The average Bonchev–Trinajstić information content (AvgIpc) is 2.62. The molecule has 6 heteroatoms. The predicted molar refractivity (Wildman–Crippen MR) is 100.0 cm³/mol. The molecule has 0 unspecified atom stereocenters. The minimum absolute atomic E-state index is 0.359. The van der Waals surface area contributed by atoms with Crippen LogP contribution in [0.15, 0.2) is 59.4 Å². The monoisotopic (exact) mass is 336 g/mol. The summed E-state index contributed by atoms with van der Waals surface area (Å²) in [5.74, 6) is 0.470. The molecule has 3 rings (SSSR count). The molecule has 2 aromatic carbocycles. The van der Waals surface area contributed by atoms with E-state index in [9.17, 15) is 9.59 Å². The minimum Gasteiger partial charge on any atom is -0.308 e. The lowest BCUT2D eigenvalue weighted by atomic mass is 10.2. The number of carbonyl (C=O) groups excluding carboxylic acids is 1. The predicted octanol–water partition coefficient (Wildman–Crippen LogP) is 3.84. The van der Waals surface area contributed by atoms with E-state index in [-0.39, 0.29) is 5.69 Å². The standard InChI is InChI=1S/C19H20N4O2/c1-2-3-13-23-17(15-11-7-8-12-16(15)21-19(23)25)22-18(24)20-14-9-5-4-6-10-14/h4-12H,2-3,13H2,1H3,(H2,20,22,24). The SMILES string of the molecule is CCCCn1c(NC(=O)Nc2ccccc2)c2ccccc2nc1=O. The Balaban J connectivity index is 1.97. The Labute approximate surface area is 145 Å². The van der Waals surface area contributed by atoms with Crippen molar-refractivity contribution in [2.45, 2.75) is 26.3 Å². The third-order valence-corrected chi connectivity index (χ3v) is 3.87. The van der Waals surface area contributed by atoms with Gasteiger partial charge in [-0.15, -0.1) is 0 Å². The fraction of sp³-hybridized carbons (Fsp3) is 0.211. The van der Waals surface area contributed by atoms with Crippen molar-refractivity contribution in [2.75, 3.05) is 10.6 Å². The van der Waals surface area contributed by atoms with Crippen molar-refractivity contribution in [3.63, 3.8) is 0 Å². The lowest BCUT2D eigenvalue weighted by Gasteiger charge is -2.16. The van der Waals surface area contributed by atoms with E-state index in [1.54, 1.807) is 18.2 Å². The van der Waals surface area contributed by atoms with E-state index in [1.807, 2.05) is 36.4 Å². The van der Waals surface area contributed by atoms with Crippen LogP contribution in [0.1, 0.15) is 19.8 Å². The lowest BCUT2D eigenvalue weighted by molar-refractivity contribution is 0.262. The van der Waals surface area contributed by atoms with Gasteiger partial charge in [0.05, 0.1) is 5.52 Å². The first-order chi connectivity index (χ1) is 12.2. The second kappa shape index (κ2) is 7.61. The number of unbranched alkanes of at least 4 members (excludes halogenated alkanes) is 1. The van der Waals surface area contributed by atoms with Crippen LogP contribution in [0.2, 0.25) is 0 Å². The molecule has 3 aromatic rings. The lowest BCUT2D eigenvalue weighted by Crippen LogP contribution is -2.29. The van der Waals surface area contributed by atoms with Crippen molar-refractivity contribution in [1.82, 2.24) is 9.55 Å². The number of rotatable bonds is 5. The van der Waals surface area contributed by atoms with Gasteiger partial charge in [0, 0.05) is 17.6 Å². The Morgan fingerprint density at radius 2 is 1.76 bits per heavy atom. The number of hydrogen-bond acceptors (Lipinski definition) is 3. The number of urea groups is 1. The number of hydrogen-bond donors (Lipinski definition) is 2. The minimum atomic E-state index is -0.396. The molecule has 0 fully saturated rings. The zero-order chi connectivity index (χ0) is 17.6. The van der Waals surface area contributed by atoms with Gasteiger partial charge in [-0.1, -0.05) is 43.7 Å². The van der Waals surface area contributed by atoms with Gasteiger partial charge in [0.2, 0.25) is 0 Å². The van der Waals surface area contributed by atoms with Crippen LogP contribution in [-0.2, 0) is 6.54 Å². The molecule has 1 aromatic heterocycles. The number of nitrogens with one attached hydrogen (secondary N) is 2. The topological polar surface area (TPSA) is 76.0 Å². The summed E-state index contributed by atoms with van der Waals surface area (Å²) >= 11 is 0. The summed E-state index contributed by atoms with van der Waals surface area (Å²) in [6, 6.07) is 16.1. The van der Waals surface area contributed by atoms with Crippen LogP contribution >= 0.6 is 0 Å². The van der Waals surface area contributed by atoms with Gasteiger partial charge < -0.3 is 5.32 Å².